The van der Waals surface area contributed by atoms with Crippen LogP contribution in [-0.4, -0.2) is 190 Å². The predicted molar refractivity (Wildman–Crippen MR) is 213 cm³/mol. The molecule has 5 aliphatic heterocycles. The van der Waals surface area contributed by atoms with Crippen molar-refractivity contribution in [1.82, 2.24) is 4.90 Å². The number of Topliss-reactive ketones (excluding diaryl/α,β-unsaturated/α-hetero) is 1. The van der Waals surface area contributed by atoms with Crippen LogP contribution in [0.2, 0.25) is 0 Å². The Hall–Kier alpha value is -1.07. The molecule has 0 aromatic rings. The number of epoxide rings is 1. The molecular weight excluding hydrogens is 795 g/mol. The largest absolute Gasteiger partial charge is 0.462 e. The summed E-state index contributed by atoms with van der Waals surface area (Å²) in [6.07, 6.45) is -12.7. The number of hydrogen-bond donors (Lipinski definition) is 6. The van der Waals surface area contributed by atoms with Crippen molar-refractivity contribution in [2.45, 2.75) is 183 Å². The number of ketones is 1. The average molecular weight is 866 g/mol. The van der Waals surface area contributed by atoms with Gasteiger partial charge in [-0.25, -0.2) is 0 Å². The minimum Gasteiger partial charge on any atom is -0.462 e. The van der Waals surface area contributed by atoms with E-state index in [4.69, 9.17) is 37.9 Å². The van der Waals surface area contributed by atoms with E-state index in [2.05, 4.69) is 0 Å². The van der Waals surface area contributed by atoms with Gasteiger partial charge in [0.25, 0.3) is 0 Å². The van der Waals surface area contributed by atoms with E-state index < -0.39 is 138 Å². The summed E-state index contributed by atoms with van der Waals surface area (Å²) in [4.78, 5) is 30.3. The van der Waals surface area contributed by atoms with Gasteiger partial charge in [-0.1, -0.05) is 27.7 Å². The summed E-state index contributed by atoms with van der Waals surface area (Å²) in [5.74, 6) is -4.32. The van der Waals surface area contributed by atoms with Crippen LogP contribution in [0.25, 0.3) is 0 Å². The van der Waals surface area contributed by atoms with Gasteiger partial charge >= 0.3 is 5.97 Å². The molecule has 59 heavy (non-hydrogen) atoms. The van der Waals surface area contributed by atoms with Gasteiger partial charge in [-0.05, 0) is 60.5 Å². The fourth-order valence-electron chi connectivity index (χ4n) is 9.36. The van der Waals surface area contributed by atoms with Crippen LogP contribution in [0.15, 0.2) is 0 Å². The van der Waals surface area contributed by atoms with E-state index in [9.17, 15) is 40.2 Å². The number of aliphatic hydroxyl groups excluding tert-OH is 6. The molecule has 0 aliphatic carbocycles. The zero-order valence-electron chi connectivity index (χ0n) is 36.4. The monoisotopic (exact) mass is 865 g/mol. The molecule has 0 aromatic carbocycles. The van der Waals surface area contributed by atoms with Crippen LogP contribution in [-0.2, 0) is 47.5 Å². The van der Waals surface area contributed by atoms with E-state index in [1.807, 2.05) is 39.8 Å². The molecule has 342 valence electrons. The molecule has 1 unspecified atom stereocenters. The Labute approximate surface area is 352 Å². The number of nitrogens with zero attached hydrogens (tertiary/aromatic N) is 1. The number of likely N-dealkylation sites (N-methyl/N-ethyl adjacent to an activating group) is 1. The van der Waals surface area contributed by atoms with Crippen molar-refractivity contribution in [1.29, 1.82) is 0 Å². The molecule has 18 heteroatoms. The van der Waals surface area contributed by atoms with E-state index in [0.717, 1.165) is 11.8 Å². The molecule has 0 amide bonds. The molecule has 5 aliphatic rings. The highest BCUT2D eigenvalue weighted by molar-refractivity contribution is 8.00. The van der Waals surface area contributed by atoms with Crippen LogP contribution in [0.4, 0.5) is 0 Å². The second kappa shape index (κ2) is 20.2. The number of esters is 1. The molecule has 23 atom stereocenters. The van der Waals surface area contributed by atoms with E-state index in [0.29, 0.717) is 6.42 Å². The van der Waals surface area contributed by atoms with Crippen molar-refractivity contribution in [3.63, 3.8) is 0 Å². The fourth-order valence-corrected chi connectivity index (χ4v) is 10.6. The first-order chi connectivity index (χ1) is 27.7. The number of thioether (sulfide) groups is 1. The quantitative estimate of drug-likeness (QED) is 0.136. The number of aliphatic hydroxyl groups is 6. The molecule has 0 radical (unpaired) electrons. The Morgan fingerprint density at radius 2 is 1.42 bits per heavy atom. The van der Waals surface area contributed by atoms with Crippen molar-refractivity contribution in [3.05, 3.63) is 0 Å². The number of carbonyl (C=O) groups is 2. The molecule has 5 fully saturated rings. The maximum atomic E-state index is 14.2. The standard InChI is InChI=1S/C41H71NO16S/c1-17-14-41(16-52-41)37(49)20(4)29(44)19(3)23(7)55-38(50)22(6)35(56-28-13-26(51-11)30(45)24(8)54-28)21(5)34(17)57-39-36(25(42(9)10)12-18(2)53-39)58-40-33(48)32(47)31(46)27(15-43)59-40/h17-36,39-40,43-48H,12-16H2,1-11H3/t17-,18+,19-,20+,21+,22+,23+,24-,25-,26-,27+,28-,29-,30-,31+,32-,33+,34-,35?,36+,39-,40+,41+/m0/s1. The number of rotatable bonds is 9. The molecule has 5 heterocycles. The summed E-state index contributed by atoms with van der Waals surface area (Å²) in [5, 5.41) is 63.8. The van der Waals surface area contributed by atoms with E-state index in [1.165, 1.54) is 7.11 Å². The van der Waals surface area contributed by atoms with Gasteiger partial charge in [0.2, 0.25) is 0 Å². The van der Waals surface area contributed by atoms with Gasteiger partial charge in [0.05, 0.1) is 67.1 Å². The molecule has 1 spiro atoms. The van der Waals surface area contributed by atoms with E-state index >= 15 is 0 Å². The molecule has 17 nitrogen and oxygen atoms in total. The number of carbonyl (C=O) groups excluding carboxylic acids is 2. The van der Waals surface area contributed by atoms with Crippen LogP contribution in [0.1, 0.15) is 74.7 Å². The van der Waals surface area contributed by atoms with Crippen molar-refractivity contribution in [3.8, 4) is 0 Å². The van der Waals surface area contributed by atoms with Crippen LogP contribution in [0, 0.1) is 29.6 Å². The molecule has 5 rings (SSSR count). The Kier molecular flexibility index (Phi) is 16.7. The zero-order chi connectivity index (χ0) is 43.8. The maximum absolute atomic E-state index is 14.2. The molecule has 0 saturated carbocycles. The van der Waals surface area contributed by atoms with Crippen LogP contribution >= 0.6 is 11.8 Å². The molecule has 6 N–H and O–H groups in total. The highest BCUT2D eigenvalue weighted by atomic mass is 32.2. The van der Waals surface area contributed by atoms with E-state index in [-0.39, 0.29) is 37.4 Å². The highest BCUT2D eigenvalue weighted by Crippen LogP contribution is 2.44. The average Bonchev–Trinajstić information content (AvgIpc) is 3.98. The number of methoxy groups -OCH3 is 1. The lowest BCUT2D eigenvalue weighted by Gasteiger charge is -2.49. The van der Waals surface area contributed by atoms with Gasteiger partial charge in [-0.3, -0.25) is 9.59 Å². The minimum absolute atomic E-state index is 0.153. The topological polar surface area (TPSA) is 236 Å². The molecule has 0 aromatic heterocycles. The second-order valence-electron chi connectivity index (χ2n) is 18.1. The van der Waals surface area contributed by atoms with Gasteiger partial charge < -0.3 is 73.4 Å². The summed E-state index contributed by atoms with van der Waals surface area (Å²) in [7, 11) is 5.26. The van der Waals surface area contributed by atoms with Gasteiger partial charge in [-0.15, -0.1) is 11.8 Å². The summed E-state index contributed by atoms with van der Waals surface area (Å²) in [5.41, 5.74) is -2.28. The van der Waals surface area contributed by atoms with Crippen molar-refractivity contribution in [2.75, 3.05) is 34.4 Å². The third-order valence-electron chi connectivity index (χ3n) is 13.5. The summed E-state index contributed by atoms with van der Waals surface area (Å²) < 4.78 is 50.7. The van der Waals surface area contributed by atoms with Crippen molar-refractivity contribution >= 4 is 23.5 Å². The van der Waals surface area contributed by atoms with Gasteiger partial charge in [-0.2, -0.15) is 0 Å². The maximum Gasteiger partial charge on any atom is 0.311 e. The normalized spacial score (nSPS) is 50.7. The highest BCUT2D eigenvalue weighted by Gasteiger charge is 2.58. The predicted octanol–water partition coefficient (Wildman–Crippen LogP) is 0.449. The van der Waals surface area contributed by atoms with Crippen molar-refractivity contribution in [2.24, 2.45) is 29.6 Å². The van der Waals surface area contributed by atoms with Crippen LogP contribution < -0.4 is 0 Å². The smallest absolute Gasteiger partial charge is 0.311 e. The first-order valence-corrected chi connectivity index (χ1v) is 22.1. The number of ether oxygens (including phenoxy) is 8. The van der Waals surface area contributed by atoms with E-state index in [1.54, 1.807) is 34.6 Å². The molecular formula is C41H71NO16S. The first kappa shape index (κ1) is 49.0. The zero-order valence-corrected chi connectivity index (χ0v) is 37.2. The SMILES string of the molecule is CO[C@H]1C[C@H](OC2[C@@H](C)C(=O)O[C@H](C)[C@H](C)[C@H](O)[C@@H](C)C(=O)[C@]3(CO3)C[C@H](C)[C@H](O[C@@H]3O[C@H](C)C[C@H](N(C)C)[C@H]3O[C@@H]3S[C@H](CO)[C@@H](O)[C@H](O)[C@H]3O)[C@H]2C)O[C@@H](C)[C@@H]1O. The third-order valence-corrected chi connectivity index (χ3v) is 14.9. The van der Waals surface area contributed by atoms with Crippen molar-refractivity contribution < 1.29 is 78.1 Å². The second-order valence-corrected chi connectivity index (χ2v) is 19.5. The Balaban J connectivity index is 1.56. The summed E-state index contributed by atoms with van der Waals surface area (Å²) in [6, 6.07) is -0.335. The first-order valence-electron chi connectivity index (χ1n) is 21.2. The van der Waals surface area contributed by atoms with Crippen LogP contribution in [0.3, 0.4) is 0 Å². The molecule has 0 bridgehead atoms. The Morgan fingerprint density at radius 3 is 2.02 bits per heavy atom. The lowest BCUT2D eigenvalue weighted by atomic mass is 9.76. The fraction of sp³-hybridized carbons (Fsp3) is 0.951. The van der Waals surface area contributed by atoms with Gasteiger partial charge in [0.1, 0.15) is 36.0 Å². The number of cyclic esters (lactones) is 1. The van der Waals surface area contributed by atoms with Gasteiger partial charge in [0, 0.05) is 37.3 Å². The molecule has 5 saturated heterocycles. The third kappa shape index (κ3) is 10.7. The summed E-state index contributed by atoms with van der Waals surface area (Å²) >= 11 is 1.01. The Morgan fingerprint density at radius 1 is 0.763 bits per heavy atom. The number of hydrogen-bond acceptors (Lipinski definition) is 18. The lowest BCUT2D eigenvalue weighted by molar-refractivity contribution is -0.308. The minimum atomic E-state index is -1.58. The Bertz CT molecular complexity index is 1390. The lowest BCUT2D eigenvalue weighted by Crippen LogP contribution is -2.61. The van der Waals surface area contributed by atoms with Gasteiger partial charge in [0.15, 0.2) is 24.0 Å². The van der Waals surface area contributed by atoms with Crippen LogP contribution in [0.5, 0.6) is 0 Å². The summed E-state index contributed by atoms with van der Waals surface area (Å²) in [6.45, 7) is 13.9.